The third kappa shape index (κ3) is 2.62. The van der Waals surface area contributed by atoms with E-state index < -0.39 is 0 Å². The maximum absolute atomic E-state index is 12.2. The number of rotatable bonds is 5. The zero-order valence-electron chi connectivity index (χ0n) is 11.6. The molecule has 1 aromatic heterocycles. The molecule has 22 heavy (non-hydrogen) atoms. The zero-order chi connectivity index (χ0) is 15.7. The van der Waals surface area contributed by atoms with Gasteiger partial charge in [0.2, 0.25) is 0 Å². The van der Waals surface area contributed by atoms with E-state index in [9.17, 15) is 9.59 Å². The Morgan fingerprint density at radius 1 is 0.955 bits per heavy atom. The lowest BCUT2D eigenvalue weighted by Gasteiger charge is -2.13. The predicted molar refractivity (Wildman–Crippen MR) is 83.3 cm³/mol. The molecule has 5 nitrogen and oxygen atoms in total. The highest BCUT2D eigenvalue weighted by Crippen LogP contribution is 2.23. The van der Waals surface area contributed by atoms with Crippen LogP contribution in [0.25, 0.3) is 0 Å². The van der Waals surface area contributed by atoms with E-state index in [4.69, 9.17) is 23.2 Å². The quantitative estimate of drug-likeness (QED) is 0.621. The van der Waals surface area contributed by atoms with Crippen LogP contribution >= 0.6 is 23.2 Å². The number of unbranched alkanes of at least 4 members (excludes halogenated alkanes) is 1. The van der Waals surface area contributed by atoms with Gasteiger partial charge in [0.05, 0.1) is 17.5 Å². The Bertz CT molecular complexity index is 707. The second-order valence-corrected chi connectivity index (χ2v) is 5.75. The molecule has 0 spiro atoms. The first-order valence-corrected chi connectivity index (χ1v) is 7.66. The summed E-state index contributed by atoms with van der Waals surface area (Å²) in [5, 5.41) is 0.685. The van der Waals surface area contributed by atoms with E-state index in [-0.39, 0.29) is 17.0 Å². The van der Waals surface area contributed by atoms with Crippen molar-refractivity contribution in [3.63, 3.8) is 0 Å². The highest BCUT2D eigenvalue weighted by Gasteiger charge is 2.34. The highest BCUT2D eigenvalue weighted by atomic mass is 35.5. The molecule has 0 radical (unpaired) electrons. The van der Waals surface area contributed by atoms with Crippen molar-refractivity contribution in [3.05, 3.63) is 52.0 Å². The summed E-state index contributed by atoms with van der Waals surface area (Å²) < 4.78 is 1.74. The number of aryl methyl sites for hydroxylation is 1. The van der Waals surface area contributed by atoms with E-state index in [1.807, 2.05) is 0 Å². The first-order chi connectivity index (χ1) is 10.6. The third-order valence-electron chi connectivity index (χ3n) is 3.64. The fourth-order valence-corrected chi connectivity index (χ4v) is 2.82. The highest BCUT2D eigenvalue weighted by molar-refractivity contribution is 6.40. The van der Waals surface area contributed by atoms with Crippen molar-refractivity contribution in [1.29, 1.82) is 0 Å². The van der Waals surface area contributed by atoms with Crippen LogP contribution in [0.15, 0.2) is 30.6 Å². The van der Waals surface area contributed by atoms with Crippen LogP contribution in [0.4, 0.5) is 0 Å². The molecule has 1 aromatic carbocycles. The largest absolute Gasteiger partial charge is 0.320 e. The van der Waals surface area contributed by atoms with Crippen LogP contribution in [-0.2, 0) is 6.54 Å². The third-order valence-corrected chi connectivity index (χ3v) is 4.41. The van der Waals surface area contributed by atoms with Crippen molar-refractivity contribution < 1.29 is 9.59 Å². The number of nitrogens with zero attached hydrogens (tertiary/aromatic N) is 3. The molecule has 7 heteroatoms. The van der Waals surface area contributed by atoms with Crippen molar-refractivity contribution in [2.75, 3.05) is 6.54 Å². The zero-order valence-corrected chi connectivity index (χ0v) is 13.1. The molecular formula is C15H13Cl2N3O2. The topological polar surface area (TPSA) is 55.2 Å². The van der Waals surface area contributed by atoms with Crippen molar-refractivity contribution in [3.8, 4) is 0 Å². The average Bonchev–Trinajstić information content (AvgIpc) is 2.97. The normalized spacial score (nSPS) is 13.8. The standard InChI is InChI=1S/C15H13Cl2N3O2/c16-12-13(17)19(9-18-12)7-3-4-8-20-14(21)10-5-1-2-6-11(10)15(20)22/h1-2,5-6,9H,3-4,7-8H2. The van der Waals surface area contributed by atoms with Gasteiger partial charge in [-0.1, -0.05) is 35.3 Å². The summed E-state index contributed by atoms with van der Waals surface area (Å²) in [7, 11) is 0. The number of fused-ring (bicyclic) bond motifs is 1. The van der Waals surface area contributed by atoms with Gasteiger partial charge in [0, 0.05) is 13.1 Å². The fraction of sp³-hybridized carbons (Fsp3) is 0.267. The lowest BCUT2D eigenvalue weighted by molar-refractivity contribution is 0.0651. The number of imidazole rings is 1. The van der Waals surface area contributed by atoms with Crippen molar-refractivity contribution in [1.82, 2.24) is 14.5 Å². The summed E-state index contributed by atoms with van der Waals surface area (Å²) in [6.45, 7) is 1.04. The fourth-order valence-electron chi connectivity index (χ4n) is 2.49. The molecule has 0 saturated heterocycles. The van der Waals surface area contributed by atoms with Gasteiger partial charge in [-0.05, 0) is 25.0 Å². The Labute approximate surface area is 137 Å². The number of imide groups is 1. The van der Waals surface area contributed by atoms with E-state index in [1.165, 1.54) is 4.90 Å². The van der Waals surface area contributed by atoms with E-state index >= 15 is 0 Å². The molecule has 2 amide bonds. The monoisotopic (exact) mass is 337 g/mol. The minimum absolute atomic E-state index is 0.218. The van der Waals surface area contributed by atoms with Gasteiger partial charge in [0.15, 0.2) is 5.15 Å². The molecule has 0 unspecified atom stereocenters. The maximum atomic E-state index is 12.2. The summed E-state index contributed by atoms with van der Waals surface area (Å²) in [5.41, 5.74) is 0.967. The van der Waals surface area contributed by atoms with Crippen molar-refractivity contribution in [2.24, 2.45) is 0 Å². The van der Waals surface area contributed by atoms with Crippen LogP contribution in [0.5, 0.6) is 0 Å². The Morgan fingerprint density at radius 2 is 1.55 bits per heavy atom. The van der Waals surface area contributed by atoms with Gasteiger partial charge in [-0.25, -0.2) is 4.98 Å². The van der Waals surface area contributed by atoms with Crippen molar-refractivity contribution in [2.45, 2.75) is 19.4 Å². The van der Waals surface area contributed by atoms with Crippen LogP contribution in [-0.4, -0.2) is 32.8 Å². The summed E-state index contributed by atoms with van der Waals surface area (Å²) in [4.78, 5) is 29.6. The first-order valence-electron chi connectivity index (χ1n) is 6.91. The predicted octanol–water partition coefficient (Wildman–Crippen LogP) is 3.27. The molecule has 1 aliphatic heterocycles. The smallest absolute Gasteiger partial charge is 0.261 e. The number of halogens is 2. The number of hydrogen-bond acceptors (Lipinski definition) is 3. The average molecular weight is 338 g/mol. The summed E-state index contributed by atoms with van der Waals surface area (Å²) in [5.74, 6) is -0.436. The van der Waals surface area contributed by atoms with E-state index in [0.29, 0.717) is 35.8 Å². The molecule has 0 fully saturated rings. The van der Waals surface area contributed by atoms with Gasteiger partial charge in [0.25, 0.3) is 11.8 Å². The number of carbonyl (C=O) groups excluding carboxylic acids is 2. The molecule has 2 heterocycles. The van der Waals surface area contributed by atoms with Gasteiger partial charge < -0.3 is 4.57 Å². The van der Waals surface area contributed by atoms with Gasteiger partial charge in [0.1, 0.15) is 5.15 Å². The molecule has 0 aliphatic carbocycles. The number of hydrogen-bond donors (Lipinski definition) is 0. The van der Waals surface area contributed by atoms with Crippen LogP contribution in [0.2, 0.25) is 10.3 Å². The van der Waals surface area contributed by atoms with Crippen LogP contribution in [0, 0.1) is 0 Å². The Morgan fingerprint density at radius 3 is 2.09 bits per heavy atom. The van der Waals surface area contributed by atoms with Crippen LogP contribution < -0.4 is 0 Å². The number of benzene rings is 1. The Kier molecular flexibility index (Phi) is 4.18. The van der Waals surface area contributed by atoms with Crippen LogP contribution in [0.3, 0.4) is 0 Å². The van der Waals surface area contributed by atoms with Gasteiger partial charge in [-0.3, -0.25) is 14.5 Å². The van der Waals surface area contributed by atoms with Gasteiger partial charge in [-0.2, -0.15) is 0 Å². The molecule has 0 atom stereocenters. The first kappa shape index (κ1) is 15.1. The molecule has 0 saturated carbocycles. The summed E-state index contributed by atoms with van der Waals surface area (Å²) in [6, 6.07) is 6.89. The van der Waals surface area contributed by atoms with E-state index in [1.54, 1.807) is 35.2 Å². The lowest BCUT2D eigenvalue weighted by Crippen LogP contribution is -2.30. The SMILES string of the molecule is O=C1c2ccccc2C(=O)N1CCCCn1cnc(Cl)c1Cl. The summed E-state index contributed by atoms with van der Waals surface area (Å²) >= 11 is 11.7. The second kappa shape index (κ2) is 6.10. The molecule has 2 aromatic rings. The van der Waals surface area contributed by atoms with Gasteiger partial charge >= 0.3 is 0 Å². The maximum Gasteiger partial charge on any atom is 0.261 e. The molecule has 3 rings (SSSR count). The molecular weight excluding hydrogens is 325 g/mol. The number of carbonyl (C=O) groups is 2. The minimum Gasteiger partial charge on any atom is -0.320 e. The second-order valence-electron chi connectivity index (χ2n) is 5.03. The van der Waals surface area contributed by atoms with E-state index in [0.717, 1.165) is 6.42 Å². The molecule has 0 bridgehead atoms. The molecule has 0 N–H and O–H groups in total. The Balaban J connectivity index is 1.56. The number of aromatic nitrogens is 2. The molecule has 114 valence electrons. The van der Waals surface area contributed by atoms with Crippen LogP contribution in [0.1, 0.15) is 33.6 Å². The van der Waals surface area contributed by atoms with Crippen molar-refractivity contribution >= 4 is 35.0 Å². The minimum atomic E-state index is -0.218. The lowest BCUT2D eigenvalue weighted by atomic mass is 10.1. The Hall–Kier alpha value is -1.85. The van der Waals surface area contributed by atoms with Gasteiger partial charge in [-0.15, -0.1) is 0 Å². The van der Waals surface area contributed by atoms with E-state index in [2.05, 4.69) is 4.98 Å². The summed E-state index contributed by atoms with van der Waals surface area (Å²) in [6.07, 6.45) is 3.03. The molecule has 1 aliphatic rings. The number of amides is 2.